The number of hydrogen-bond acceptors (Lipinski definition) is 3. The van der Waals surface area contributed by atoms with E-state index in [1.54, 1.807) is 12.4 Å². The Hall–Kier alpha value is -2.36. The Kier molecular flexibility index (Phi) is 4.50. The fourth-order valence-corrected chi connectivity index (χ4v) is 1.59. The van der Waals surface area contributed by atoms with Gasteiger partial charge in [0.15, 0.2) is 6.61 Å². The lowest BCUT2D eigenvalue weighted by Gasteiger charge is -2.08. The predicted molar refractivity (Wildman–Crippen MR) is 72.8 cm³/mol. The van der Waals surface area contributed by atoms with Gasteiger partial charge in [-0.05, 0) is 36.2 Å². The number of nitrogens with zero attached hydrogens (tertiary/aromatic N) is 1. The molecule has 0 saturated carbocycles. The standard InChI is InChI=1S/C15H16N2O2/c1-12-7-8-16-9-13(12)10-17-15(18)11-19-14-5-3-2-4-6-14/h2-9H,10-11H2,1H3,(H,17,18). The third-order valence-corrected chi connectivity index (χ3v) is 2.74. The van der Waals surface area contributed by atoms with E-state index in [0.29, 0.717) is 12.3 Å². The maximum absolute atomic E-state index is 11.6. The molecule has 0 aliphatic rings. The molecule has 2 rings (SSSR count). The molecule has 1 aromatic heterocycles. The van der Waals surface area contributed by atoms with Crippen molar-refractivity contribution in [2.45, 2.75) is 13.5 Å². The van der Waals surface area contributed by atoms with Crippen molar-refractivity contribution in [2.24, 2.45) is 0 Å². The number of carbonyl (C=O) groups excluding carboxylic acids is 1. The zero-order chi connectivity index (χ0) is 13.5. The summed E-state index contributed by atoms with van der Waals surface area (Å²) < 4.78 is 5.36. The average molecular weight is 256 g/mol. The molecule has 0 fully saturated rings. The highest BCUT2D eigenvalue weighted by Crippen LogP contribution is 2.08. The highest BCUT2D eigenvalue weighted by molar-refractivity contribution is 5.77. The molecule has 4 heteroatoms. The van der Waals surface area contributed by atoms with Crippen molar-refractivity contribution in [1.29, 1.82) is 0 Å². The van der Waals surface area contributed by atoms with Crippen LogP contribution in [0.4, 0.5) is 0 Å². The first-order valence-corrected chi connectivity index (χ1v) is 6.10. The molecule has 1 heterocycles. The maximum Gasteiger partial charge on any atom is 0.258 e. The van der Waals surface area contributed by atoms with Gasteiger partial charge in [0.1, 0.15) is 5.75 Å². The minimum absolute atomic E-state index is 0.0172. The van der Waals surface area contributed by atoms with Crippen LogP contribution in [0, 0.1) is 6.92 Å². The molecule has 0 spiro atoms. The minimum atomic E-state index is -0.146. The molecule has 4 nitrogen and oxygen atoms in total. The van der Waals surface area contributed by atoms with Crippen molar-refractivity contribution in [1.82, 2.24) is 10.3 Å². The van der Waals surface area contributed by atoms with Crippen LogP contribution in [0.2, 0.25) is 0 Å². The third kappa shape index (κ3) is 4.10. The Morgan fingerprint density at radius 3 is 2.79 bits per heavy atom. The van der Waals surface area contributed by atoms with Gasteiger partial charge in [-0.1, -0.05) is 18.2 Å². The van der Waals surface area contributed by atoms with Gasteiger partial charge in [0.25, 0.3) is 5.91 Å². The molecule has 0 bridgehead atoms. The third-order valence-electron chi connectivity index (χ3n) is 2.74. The zero-order valence-electron chi connectivity index (χ0n) is 10.8. The van der Waals surface area contributed by atoms with E-state index in [0.717, 1.165) is 11.1 Å². The molecule has 2 aromatic rings. The molecular weight excluding hydrogens is 240 g/mol. The predicted octanol–water partition coefficient (Wildman–Crippen LogP) is 2.09. The highest BCUT2D eigenvalue weighted by Gasteiger charge is 2.04. The normalized spacial score (nSPS) is 9.95. The molecule has 0 saturated heterocycles. The molecule has 0 aliphatic carbocycles. The van der Waals surface area contributed by atoms with Crippen LogP contribution < -0.4 is 10.1 Å². The molecule has 1 amide bonds. The summed E-state index contributed by atoms with van der Waals surface area (Å²) >= 11 is 0. The zero-order valence-corrected chi connectivity index (χ0v) is 10.8. The maximum atomic E-state index is 11.6. The molecule has 0 unspecified atom stereocenters. The number of aromatic nitrogens is 1. The second-order valence-corrected chi connectivity index (χ2v) is 4.18. The van der Waals surface area contributed by atoms with E-state index in [4.69, 9.17) is 4.74 Å². The number of aryl methyl sites for hydroxylation is 1. The van der Waals surface area contributed by atoms with E-state index in [1.165, 1.54) is 0 Å². The SMILES string of the molecule is Cc1ccncc1CNC(=O)COc1ccccc1. The second kappa shape index (κ2) is 6.54. The van der Waals surface area contributed by atoms with Crippen LogP contribution in [0.5, 0.6) is 5.75 Å². The number of pyridine rings is 1. The number of para-hydroxylation sites is 1. The topological polar surface area (TPSA) is 51.2 Å². The number of ether oxygens (including phenoxy) is 1. The number of nitrogens with one attached hydrogen (secondary N) is 1. The lowest BCUT2D eigenvalue weighted by atomic mass is 10.1. The minimum Gasteiger partial charge on any atom is -0.484 e. The van der Waals surface area contributed by atoms with Gasteiger partial charge in [-0.25, -0.2) is 0 Å². The summed E-state index contributed by atoms with van der Waals surface area (Å²) in [5.41, 5.74) is 2.12. The van der Waals surface area contributed by atoms with E-state index < -0.39 is 0 Å². The van der Waals surface area contributed by atoms with E-state index in [2.05, 4.69) is 10.3 Å². The summed E-state index contributed by atoms with van der Waals surface area (Å²) in [6.07, 6.45) is 3.49. The van der Waals surface area contributed by atoms with E-state index in [-0.39, 0.29) is 12.5 Å². The summed E-state index contributed by atoms with van der Waals surface area (Å²) in [4.78, 5) is 15.7. The first kappa shape index (κ1) is 13.1. The van der Waals surface area contributed by atoms with Crippen molar-refractivity contribution < 1.29 is 9.53 Å². The molecule has 0 aliphatic heterocycles. The molecule has 0 atom stereocenters. The van der Waals surface area contributed by atoms with Gasteiger partial charge in [0.05, 0.1) is 0 Å². The van der Waals surface area contributed by atoms with Crippen LogP contribution >= 0.6 is 0 Å². The average Bonchev–Trinajstić information content (AvgIpc) is 2.45. The van der Waals surface area contributed by atoms with Gasteiger partial charge in [0, 0.05) is 18.9 Å². The van der Waals surface area contributed by atoms with Crippen LogP contribution in [-0.2, 0) is 11.3 Å². The quantitative estimate of drug-likeness (QED) is 0.891. The van der Waals surface area contributed by atoms with Crippen molar-refractivity contribution in [3.8, 4) is 5.75 Å². The largest absolute Gasteiger partial charge is 0.484 e. The fourth-order valence-electron chi connectivity index (χ4n) is 1.59. The lowest BCUT2D eigenvalue weighted by Crippen LogP contribution is -2.28. The Morgan fingerprint density at radius 1 is 1.26 bits per heavy atom. The molecule has 19 heavy (non-hydrogen) atoms. The summed E-state index contributed by atoms with van der Waals surface area (Å²) in [7, 11) is 0. The van der Waals surface area contributed by atoms with Crippen molar-refractivity contribution in [3.05, 3.63) is 59.9 Å². The van der Waals surface area contributed by atoms with Crippen LogP contribution in [0.1, 0.15) is 11.1 Å². The first-order valence-electron chi connectivity index (χ1n) is 6.10. The summed E-state index contributed by atoms with van der Waals surface area (Å²) in [6.45, 7) is 2.48. The number of hydrogen-bond donors (Lipinski definition) is 1. The Bertz CT molecular complexity index is 541. The smallest absolute Gasteiger partial charge is 0.258 e. The van der Waals surface area contributed by atoms with E-state index in [1.807, 2.05) is 43.3 Å². The Balaban J connectivity index is 1.78. The Morgan fingerprint density at radius 2 is 2.05 bits per heavy atom. The van der Waals surface area contributed by atoms with E-state index in [9.17, 15) is 4.79 Å². The summed E-state index contributed by atoms with van der Waals surface area (Å²) in [5, 5.41) is 2.81. The van der Waals surface area contributed by atoms with Gasteiger partial charge in [0.2, 0.25) is 0 Å². The number of rotatable bonds is 5. The van der Waals surface area contributed by atoms with Crippen molar-refractivity contribution in [3.63, 3.8) is 0 Å². The second-order valence-electron chi connectivity index (χ2n) is 4.18. The van der Waals surface area contributed by atoms with Gasteiger partial charge in [-0.2, -0.15) is 0 Å². The van der Waals surface area contributed by atoms with Gasteiger partial charge < -0.3 is 10.1 Å². The lowest BCUT2D eigenvalue weighted by molar-refractivity contribution is -0.123. The Labute approximate surface area is 112 Å². The first-order chi connectivity index (χ1) is 9.25. The molecule has 98 valence electrons. The van der Waals surface area contributed by atoms with Gasteiger partial charge >= 0.3 is 0 Å². The van der Waals surface area contributed by atoms with Crippen LogP contribution in [0.25, 0.3) is 0 Å². The summed E-state index contributed by atoms with van der Waals surface area (Å²) in [5.74, 6) is 0.544. The monoisotopic (exact) mass is 256 g/mol. The van der Waals surface area contributed by atoms with Gasteiger partial charge in [-0.15, -0.1) is 0 Å². The molecule has 0 radical (unpaired) electrons. The van der Waals surface area contributed by atoms with E-state index >= 15 is 0 Å². The fraction of sp³-hybridized carbons (Fsp3) is 0.200. The highest BCUT2D eigenvalue weighted by atomic mass is 16.5. The number of benzene rings is 1. The van der Waals surface area contributed by atoms with Crippen LogP contribution in [-0.4, -0.2) is 17.5 Å². The summed E-state index contributed by atoms with van der Waals surface area (Å²) in [6, 6.07) is 11.2. The molecule has 1 aromatic carbocycles. The number of carbonyl (C=O) groups is 1. The molecule has 1 N–H and O–H groups in total. The molecular formula is C15H16N2O2. The van der Waals surface area contributed by atoms with Gasteiger partial charge in [-0.3, -0.25) is 9.78 Å². The number of amides is 1. The van der Waals surface area contributed by atoms with Crippen LogP contribution in [0.15, 0.2) is 48.8 Å². The van der Waals surface area contributed by atoms with Crippen molar-refractivity contribution in [2.75, 3.05) is 6.61 Å². The van der Waals surface area contributed by atoms with Crippen molar-refractivity contribution >= 4 is 5.91 Å². The van der Waals surface area contributed by atoms with Crippen LogP contribution in [0.3, 0.4) is 0 Å².